The van der Waals surface area contributed by atoms with Gasteiger partial charge in [0.2, 0.25) is 0 Å². The van der Waals surface area contributed by atoms with E-state index in [1.807, 2.05) is 12.1 Å². The molecular weight excluding hydrogens is 222 g/mol. The van der Waals surface area contributed by atoms with Gasteiger partial charge in [0, 0.05) is 11.6 Å². The molecule has 0 radical (unpaired) electrons. The first-order chi connectivity index (χ1) is 8.81. The second kappa shape index (κ2) is 4.46. The average Bonchev–Trinajstić information content (AvgIpc) is 2.77. The van der Waals surface area contributed by atoms with Crippen LogP contribution < -0.4 is 5.32 Å². The molecule has 0 bridgehead atoms. The van der Waals surface area contributed by atoms with Crippen molar-refractivity contribution in [2.75, 3.05) is 11.9 Å². The molecule has 2 heteroatoms. The molecule has 1 aliphatic heterocycles. The van der Waals surface area contributed by atoms with E-state index in [1.165, 1.54) is 16.7 Å². The topological polar surface area (TPSA) is 32.3 Å². The summed E-state index contributed by atoms with van der Waals surface area (Å²) in [5, 5.41) is 13.2. The number of hydrogen-bond acceptors (Lipinski definition) is 2. The number of nitrogens with one attached hydrogen (secondary N) is 1. The van der Waals surface area contributed by atoms with Crippen LogP contribution in [-0.4, -0.2) is 11.7 Å². The highest BCUT2D eigenvalue weighted by Crippen LogP contribution is 2.44. The molecule has 3 rings (SSSR count). The Balaban J connectivity index is 2.04. The highest BCUT2D eigenvalue weighted by atomic mass is 16.3. The Labute approximate surface area is 107 Å². The predicted molar refractivity (Wildman–Crippen MR) is 73.8 cm³/mol. The van der Waals surface area contributed by atoms with Crippen molar-refractivity contribution in [2.24, 2.45) is 0 Å². The molecule has 2 atom stereocenters. The molecule has 0 saturated carbocycles. The van der Waals surface area contributed by atoms with Crippen LogP contribution in [0.5, 0.6) is 0 Å². The zero-order valence-corrected chi connectivity index (χ0v) is 10.4. The van der Waals surface area contributed by atoms with Crippen LogP contribution in [0.1, 0.15) is 28.7 Å². The first-order valence-corrected chi connectivity index (χ1v) is 6.33. The molecule has 2 N–H and O–H groups in total. The summed E-state index contributed by atoms with van der Waals surface area (Å²) in [6.07, 6.45) is 0. The Morgan fingerprint density at radius 3 is 2.39 bits per heavy atom. The summed E-state index contributed by atoms with van der Waals surface area (Å²) >= 11 is 0. The summed E-state index contributed by atoms with van der Waals surface area (Å²) in [5.41, 5.74) is 4.90. The molecule has 1 aliphatic rings. The Morgan fingerprint density at radius 2 is 1.67 bits per heavy atom. The van der Waals surface area contributed by atoms with Gasteiger partial charge >= 0.3 is 0 Å². The number of fused-ring (bicyclic) bond motifs is 1. The molecule has 92 valence electrons. The van der Waals surface area contributed by atoms with Crippen molar-refractivity contribution in [2.45, 2.75) is 18.9 Å². The van der Waals surface area contributed by atoms with E-state index in [2.05, 4.69) is 48.6 Å². The molecule has 0 amide bonds. The second-order valence-corrected chi connectivity index (χ2v) is 4.85. The Bertz CT molecular complexity index is 565. The van der Waals surface area contributed by atoms with Gasteiger partial charge in [-0.2, -0.15) is 0 Å². The van der Waals surface area contributed by atoms with Gasteiger partial charge in [0.25, 0.3) is 0 Å². The molecule has 18 heavy (non-hydrogen) atoms. The van der Waals surface area contributed by atoms with Crippen molar-refractivity contribution in [1.82, 2.24) is 0 Å². The van der Waals surface area contributed by atoms with Gasteiger partial charge in [0.05, 0.1) is 12.6 Å². The molecule has 0 saturated heterocycles. The zero-order valence-electron chi connectivity index (χ0n) is 10.4. The van der Waals surface area contributed by atoms with Gasteiger partial charge in [-0.15, -0.1) is 0 Å². The largest absolute Gasteiger partial charge is 0.396 e. The van der Waals surface area contributed by atoms with E-state index in [0.29, 0.717) is 0 Å². The number of hydrogen-bond donors (Lipinski definition) is 2. The maximum absolute atomic E-state index is 9.70. The number of anilines is 1. The van der Waals surface area contributed by atoms with Gasteiger partial charge in [0.15, 0.2) is 0 Å². The van der Waals surface area contributed by atoms with Gasteiger partial charge in [-0.3, -0.25) is 0 Å². The van der Waals surface area contributed by atoms with Crippen molar-refractivity contribution in [3.8, 4) is 0 Å². The molecule has 2 aromatic carbocycles. The van der Waals surface area contributed by atoms with E-state index < -0.39 is 0 Å². The normalized spacial score (nSPS) is 21.4. The number of rotatable bonds is 2. The third kappa shape index (κ3) is 1.70. The lowest BCUT2D eigenvalue weighted by Crippen LogP contribution is -2.15. The molecule has 0 aromatic heterocycles. The van der Waals surface area contributed by atoms with Gasteiger partial charge in [0.1, 0.15) is 0 Å². The molecule has 0 fully saturated rings. The second-order valence-electron chi connectivity index (χ2n) is 4.85. The summed E-state index contributed by atoms with van der Waals surface area (Å²) in [7, 11) is 0. The average molecular weight is 239 g/mol. The van der Waals surface area contributed by atoms with Gasteiger partial charge in [-0.25, -0.2) is 0 Å². The fourth-order valence-electron chi connectivity index (χ4n) is 2.83. The fraction of sp³-hybridized carbons (Fsp3) is 0.250. The first-order valence-electron chi connectivity index (χ1n) is 6.33. The van der Waals surface area contributed by atoms with Gasteiger partial charge in [-0.05, 0) is 29.7 Å². The summed E-state index contributed by atoms with van der Waals surface area (Å²) in [5.74, 6) is 0.141. The molecule has 0 unspecified atom stereocenters. The van der Waals surface area contributed by atoms with Crippen LogP contribution in [0.2, 0.25) is 0 Å². The lowest BCUT2D eigenvalue weighted by atomic mass is 9.89. The van der Waals surface area contributed by atoms with Crippen LogP contribution in [0, 0.1) is 6.92 Å². The van der Waals surface area contributed by atoms with Gasteiger partial charge in [-0.1, -0.05) is 42.5 Å². The van der Waals surface area contributed by atoms with Crippen LogP contribution >= 0.6 is 0 Å². The van der Waals surface area contributed by atoms with E-state index in [0.717, 1.165) is 5.69 Å². The molecule has 2 aromatic rings. The van der Waals surface area contributed by atoms with Crippen LogP contribution in [0.15, 0.2) is 48.5 Å². The van der Waals surface area contributed by atoms with E-state index >= 15 is 0 Å². The van der Waals surface area contributed by atoms with E-state index in [-0.39, 0.29) is 18.6 Å². The fourth-order valence-corrected chi connectivity index (χ4v) is 2.83. The minimum Gasteiger partial charge on any atom is -0.396 e. The van der Waals surface area contributed by atoms with Crippen LogP contribution in [0.3, 0.4) is 0 Å². The zero-order chi connectivity index (χ0) is 12.5. The third-order valence-electron chi connectivity index (χ3n) is 3.79. The van der Waals surface area contributed by atoms with Crippen LogP contribution in [0.25, 0.3) is 0 Å². The van der Waals surface area contributed by atoms with E-state index in [9.17, 15) is 5.11 Å². The molecule has 0 aliphatic carbocycles. The number of aliphatic hydroxyl groups excluding tert-OH is 1. The van der Waals surface area contributed by atoms with Crippen molar-refractivity contribution < 1.29 is 5.11 Å². The van der Waals surface area contributed by atoms with Crippen LogP contribution in [-0.2, 0) is 0 Å². The standard InChI is InChI=1S/C16H17NO/c1-11-6-2-3-7-12(11)16-14(10-18)13-8-4-5-9-15(13)17-16/h2-9,14,16-18H,10H2,1H3/t14-,16+/m1/s1. The predicted octanol–water partition coefficient (Wildman–Crippen LogP) is 3.24. The lowest BCUT2D eigenvalue weighted by molar-refractivity contribution is 0.258. The van der Waals surface area contributed by atoms with Crippen molar-refractivity contribution >= 4 is 5.69 Å². The summed E-state index contributed by atoms with van der Waals surface area (Å²) in [6.45, 7) is 2.29. The highest BCUT2D eigenvalue weighted by Gasteiger charge is 2.32. The Morgan fingerprint density at radius 1 is 1.00 bits per heavy atom. The highest BCUT2D eigenvalue weighted by molar-refractivity contribution is 5.61. The molecule has 2 nitrogen and oxygen atoms in total. The number of benzene rings is 2. The number of aryl methyl sites for hydroxylation is 1. The Kier molecular flexibility index (Phi) is 2.80. The van der Waals surface area contributed by atoms with Crippen molar-refractivity contribution in [3.05, 3.63) is 65.2 Å². The maximum atomic E-state index is 9.70. The third-order valence-corrected chi connectivity index (χ3v) is 3.79. The van der Waals surface area contributed by atoms with Crippen molar-refractivity contribution in [3.63, 3.8) is 0 Å². The lowest BCUT2D eigenvalue weighted by Gasteiger charge is -2.20. The first kappa shape index (κ1) is 11.3. The summed E-state index contributed by atoms with van der Waals surface area (Å²) in [4.78, 5) is 0. The molecule has 1 heterocycles. The quantitative estimate of drug-likeness (QED) is 0.843. The van der Waals surface area contributed by atoms with Crippen molar-refractivity contribution in [1.29, 1.82) is 0 Å². The minimum atomic E-state index is 0.141. The number of para-hydroxylation sites is 1. The number of aliphatic hydroxyl groups is 1. The summed E-state index contributed by atoms with van der Waals surface area (Å²) < 4.78 is 0. The molecule has 0 spiro atoms. The molecular formula is C16H17NO. The summed E-state index contributed by atoms with van der Waals surface area (Å²) in [6, 6.07) is 16.8. The SMILES string of the molecule is Cc1ccccc1[C@@H]1Nc2ccccc2[C@H]1CO. The maximum Gasteiger partial charge on any atom is 0.0607 e. The monoisotopic (exact) mass is 239 g/mol. The van der Waals surface area contributed by atoms with E-state index in [1.54, 1.807) is 0 Å². The van der Waals surface area contributed by atoms with Gasteiger partial charge < -0.3 is 10.4 Å². The smallest absolute Gasteiger partial charge is 0.0607 e. The minimum absolute atomic E-state index is 0.141. The Hall–Kier alpha value is -1.80. The van der Waals surface area contributed by atoms with E-state index in [4.69, 9.17) is 0 Å². The van der Waals surface area contributed by atoms with Crippen LogP contribution in [0.4, 0.5) is 5.69 Å².